The van der Waals surface area contributed by atoms with Crippen molar-refractivity contribution in [2.45, 2.75) is 38.1 Å². The van der Waals surface area contributed by atoms with Crippen molar-refractivity contribution >= 4 is 16.9 Å². The zero-order valence-electron chi connectivity index (χ0n) is 20.8. The molecule has 1 unspecified atom stereocenters. The Morgan fingerprint density at radius 2 is 1.64 bits per heavy atom. The lowest BCUT2D eigenvalue weighted by Crippen LogP contribution is -2.27. The molecule has 5 rings (SSSR count). The number of hydrogen-bond donors (Lipinski definition) is 0. The van der Waals surface area contributed by atoms with Crippen LogP contribution in [0.3, 0.4) is 0 Å². The van der Waals surface area contributed by atoms with Gasteiger partial charge in [0, 0.05) is 32.0 Å². The van der Waals surface area contributed by atoms with Gasteiger partial charge in [0.1, 0.15) is 17.3 Å². The van der Waals surface area contributed by atoms with Gasteiger partial charge in [-0.25, -0.2) is 4.98 Å². The Balaban J connectivity index is 1.21. The molecular formula is C30H33N3O3. The number of para-hydroxylation sites is 2. The summed E-state index contributed by atoms with van der Waals surface area (Å²) in [7, 11) is 1.66. The summed E-state index contributed by atoms with van der Waals surface area (Å²) in [5, 5.41) is 0. The van der Waals surface area contributed by atoms with Gasteiger partial charge in [-0.2, -0.15) is 0 Å². The normalized spacial score (nSPS) is 15.5. The molecule has 6 nitrogen and oxygen atoms in total. The molecule has 1 aromatic heterocycles. The van der Waals surface area contributed by atoms with Crippen molar-refractivity contribution in [3.05, 3.63) is 90.3 Å². The third kappa shape index (κ3) is 5.54. The van der Waals surface area contributed by atoms with Gasteiger partial charge in [-0.15, -0.1) is 0 Å². The SMILES string of the molecule is COc1ccc(OCCCCn2c(C3CC(=O)N(CCc4ccccc4)C3)nc3ccccc32)cc1. The van der Waals surface area contributed by atoms with Gasteiger partial charge in [0.15, 0.2) is 0 Å². The molecule has 1 aliphatic rings. The van der Waals surface area contributed by atoms with Gasteiger partial charge in [-0.3, -0.25) is 4.79 Å². The predicted molar refractivity (Wildman–Crippen MR) is 142 cm³/mol. The molecule has 1 aliphatic heterocycles. The van der Waals surface area contributed by atoms with Crippen LogP contribution in [0.25, 0.3) is 11.0 Å². The van der Waals surface area contributed by atoms with Crippen molar-refractivity contribution in [2.75, 3.05) is 26.8 Å². The van der Waals surface area contributed by atoms with E-state index in [2.05, 4.69) is 34.9 Å². The quantitative estimate of drug-likeness (QED) is 0.266. The minimum atomic E-state index is 0.122. The molecule has 36 heavy (non-hydrogen) atoms. The van der Waals surface area contributed by atoms with Gasteiger partial charge in [0.25, 0.3) is 0 Å². The first-order valence-corrected chi connectivity index (χ1v) is 12.7. The van der Waals surface area contributed by atoms with Crippen molar-refractivity contribution in [3.63, 3.8) is 0 Å². The maximum absolute atomic E-state index is 12.8. The molecule has 0 radical (unpaired) electrons. The van der Waals surface area contributed by atoms with Gasteiger partial charge >= 0.3 is 0 Å². The lowest BCUT2D eigenvalue weighted by atomic mass is 10.1. The van der Waals surface area contributed by atoms with E-state index >= 15 is 0 Å². The molecule has 1 saturated heterocycles. The molecule has 2 heterocycles. The molecular weight excluding hydrogens is 450 g/mol. The highest BCUT2D eigenvalue weighted by molar-refractivity contribution is 5.81. The number of nitrogens with zero attached hydrogens (tertiary/aromatic N) is 3. The fourth-order valence-corrected chi connectivity index (χ4v) is 4.94. The molecule has 0 N–H and O–H groups in total. The molecule has 186 valence electrons. The van der Waals surface area contributed by atoms with Gasteiger partial charge in [0.05, 0.1) is 24.8 Å². The Kier molecular flexibility index (Phi) is 7.50. The molecule has 1 atom stereocenters. The number of carbonyl (C=O) groups is 1. The standard InChI is InChI=1S/C30H33N3O3/c1-35-25-13-15-26(16-14-25)36-20-8-7-18-33-28-12-6-5-11-27(28)31-30(33)24-21-29(34)32(22-24)19-17-23-9-3-2-4-10-23/h2-6,9-16,24H,7-8,17-22H2,1H3. The Hall–Kier alpha value is -3.80. The first kappa shape index (κ1) is 23.9. The highest BCUT2D eigenvalue weighted by Gasteiger charge is 2.33. The summed E-state index contributed by atoms with van der Waals surface area (Å²) in [5.41, 5.74) is 3.40. The number of likely N-dealkylation sites (tertiary alicyclic amines) is 1. The molecule has 0 saturated carbocycles. The van der Waals surface area contributed by atoms with Gasteiger partial charge in [-0.05, 0) is 61.2 Å². The molecule has 3 aromatic carbocycles. The lowest BCUT2D eigenvalue weighted by molar-refractivity contribution is -0.127. The van der Waals surface area contributed by atoms with Crippen LogP contribution in [0.2, 0.25) is 0 Å². The maximum atomic E-state index is 12.8. The third-order valence-corrected chi connectivity index (χ3v) is 6.88. The van der Waals surface area contributed by atoms with Crippen LogP contribution < -0.4 is 9.47 Å². The predicted octanol–water partition coefficient (Wildman–Crippen LogP) is 5.46. The van der Waals surface area contributed by atoms with E-state index in [-0.39, 0.29) is 11.8 Å². The summed E-state index contributed by atoms with van der Waals surface area (Å²) >= 11 is 0. The van der Waals surface area contributed by atoms with Crippen LogP contribution in [0.5, 0.6) is 11.5 Å². The number of ether oxygens (including phenoxy) is 2. The Bertz CT molecular complexity index is 1280. The molecule has 6 heteroatoms. The average molecular weight is 484 g/mol. The molecule has 1 fully saturated rings. The number of hydrogen-bond acceptors (Lipinski definition) is 4. The van der Waals surface area contributed by atoms with Crippen molar-refractivity contribution in [1.29, 1.82) is 0 Å². The molecule has 0 aliphatic carbocycles. The average Bonchev–Trinajstić information content (AvgIpc) is 3.48. The fraction of sp³-hybridized carbons (Fsp3) is 0.333. The highest BCUT2D eigenvalue weighted by atomic mass is 16.5. The number of amides is 1. The monoisotopic (exact) mass is 483 g/mol. The Morgan fingerprint density at radius 3 is 2.44 bits per heavy atom. The minimum absolute atomic E-state index is 0.122. The Labute approximate surface area is 212 Å². The van der Waals surface area contributed by atoms with Crippen molar-refractivity contribution in [2.24, 2.45) is 0 Å². The fourth-order valence-electron chi connectivity index (χ4n) is 4.94. The third-order valence-electron chi connectivity index (χ3n) is 6.88. The number of fused-ring (bicyclic) bond motifs is 1. The lowest BCUT2D eigenvalue weighted by Gasteiger charge is -2.17. The van der Waals surface area contributed by atoms with E-state index in [1.807, 2.05) is 53.4 Å². The summed E-state index contributed by atoms with van der Waals surface area (Å²) < 4.78 is 13.4. The van der Waals surface area contributed by atoms with Crippen molar-refractivity contribution in [1.82, 2.24) is 14.5 Å². The number of aryl methyl sites for hydroxylation is 1. The highest BCUT2D eigenvalue weighted by Crippen LogP contribution is 2.31. The number of imidazole rings is 1. The summed E-state index contributed by atoms with van der Waals surface area (Å²) in [6.07, 6.45) is 3.31. The van der Waals surface area contributed by atoms with Crippen LogP contribution in [-0.4, -0.2) is 47.2 Å². The van der Waals surface area contributed by atoms with Gasteiger partial charge in [0.2, 0.25) is 5.91 Å². The summed E-state index contributed by atoms with van der Waals surface area (Å²) in [4.78, 5) is 19.8. The molecule has 1 amide bonds. The number of aromatic nitrogens is 2. The second kappa shape index (κ2) is 11.3. The molecule has 0 spiro atoms. The Morgan fingerprint density at radius 1 is 0.889 bits per heavy atom. The largest absolute Gasteiger partial charge is 0.497 e. The number of carbonyl (C=O) groups excluding carboxylic acids is 1. The van der Waals surface area contributed by atoms with E-state index in [1.54, 1.807) is 7.11 Å². The zero-order valence-corrected chi connectivity index (χ0v) is 20.8. The van der Waals surface area contributed by atoms with Gasteiger partial charge in [-0.1, -0.05) is 42.5 Å². The van der Waals surface area contributed by atoms with E-state index < -0.39 is 0 Å². The van der Waals surface area contributed by atoms with Crippen LogP contribution in [0, 0.1) is 0 Å². The molecule has 4 aromatic rings. The maximum Gasteiger partial charge on any atom is 0.223 e. The summed E-state index contributed by atoms with van der Waals surface area (Å²) in [6.45, 7) is 3.00. The van der Waals surface area contributed by atoms with Crippen LogP contribution in [0.15, 0.2) is 78.9 Å². The number of methoxy groups -OCH3 is 1. The second-order valence-corrected chi connectivity index (χ2v) is 9.32. The number of benzene rings is 3. The summed E-state index contributed by atoms with van der Waals surface area (Å²) in [5.74, 6) is 3.05. The van der Waals surface area contributed by atoms with Gasteiger partial charge < -0.3 is 18.9 Å². The van der Waals surface area contributed by atoms with Crippen molar-refractivity contribution in [3.8, 4) is 11.5 Å². The first-order chi connectivity index (χ1) is 17.7. The zero-order chi connectivity index (χ0) is 24.7. The number of rotatable bonds is 11. The second-order valence-electron chi connectivity index (χ2n) is 9.32. The van der Waals surface area contributed by atoms with E-state index in [4.69, 9.17) is 14.5 Å². The van der Waals surface area contributed by atoms with E-state index in [0.29, 0.717) is 13.0 Å². The van der Waals surface area contributed by atoms with Crippen LogP contribution in [0.1, 0.15) is 36.6 Å². The smallest absolute Gasteiger partial charge is 0.223 e. The topological polar surface area (TPSA) is 56.6 Å². The van der Waals surface area contributed by atoms with Crippen LogP contribution >= 0.6 is 0 Å². The van der Waals surface area contributed by atoms with Crippen LogP contribution in [-0.2, 0) is 17.8 Å². The van der Waals surface area contributed by atoms with E-state index in [9.17, 15) is 4.79 Å². The van der Waals surface area contributed by atoms with Crippen LogP contribution in [0.4, 0.5) is 0 Å². The first-order valence-electron chi connectivity index (χ1n) is 12.7. The number of unbranched alkanes of at least 4 members (excludes halogenated alkanes) is 1. The van der Waals surface area contributed by atoms with E-state index in [1.165, 1.54) is 5.56 Å². The minimum Gasteiger partial charge on any atom is -0.497 e. The summed E-state index contributed by atoms with van der Waals surface area (Å²) in [6, 6.07) is 26.3. The van der Waals surface area contributed by atoms with E-state index in [0.717, 1.165) is 67.3 Å². The molecule has 0 bridgehead atoms. The van der Waals surface area contributed by atoms with Crippen molar-refractivity contribution < 1.29 is 14.3 Å².